The Kier molecular flexibility index (Phi) is 8.52. The molecule has 1 aromatic carbocycles. The van der Waals surface area contributed by atoms with Crippen molar-refractivity contribution >= 4 is 23.2 Å². The maximum Gasteiger partial charge on any atom is 0.0453 e. The Morgan fingerprint density at radius 1 is 1.05 bits per heavy atom. The Bertz CT molecular complexity index is 346. The zero-order valence-electron chi connectivity index (χ0n) is 12.0. The van der Waals surface area contributed by atoms with E-state index in [2.05, 4.69) is 19.2 Å². The average Bonchev–Trinajstić information content (AvgIpc) is 2.39. The van der Waals surface area contributed by atoms with Gasteiger partial charge in [-0.05, 0) is 43.5 Å². The number of benzene rings is 1. The van der Waals surface area contributed by atoms with Crippen LogP contribution in [-0.4, -0.2) is 12.6 Å². The molecule has 1 unspecified atom stereocenters. The van der Waals surface area contributed by atoms with Gasteiger partial charge in [0.15, 0.2) is 0 Å². The first-order chi connectivity index (χ1) is 9.19. The normalized spacial score (nSPS) is 12.6. The fourth-order valence-electron chi connectivity index (χ4n) is 2.24. The molecule has 1 nitrogen and oxygen atoms in total. The molecular weight excluding hydrogens is 277 g/mol. The standard InChI is InChI=1S/C16H25Cl2N/c1-3-5-6-8-13(19-11-4-2)12-14-15(17)9-7-10-16(14)18/h7,9-10,13,19H,3-6,8,11-12H2,1-2H3. The second-order valence-corrected chi connectivity index (χ2v) is 5.87. The first-order valence-electron chi connectivity index (χ1n) is 7.35. The van der Waals surface area contributed by atoms with Crippen molar-refractivity contribution < 1.29 is 0 Å². The van der Waals surface area contributed by atoms with Gasteiger partial charge in [-0.3, -0.25) is 0 Å². The molecule has 0 bridgehead atoms. The van der Waals surface area contributed by atoms with Crippen LogP contribution in [0.1, 0.15) is 51.5 Å². The summed E-state index contributed by atoms with van der Waals surface area (Å²) in [6, 6.07) is 6.22. The molecule has 1 rings (SSSR count). The van der Waals surface area contributed by atoms with Gasteiger partial charge in [0, 0.05) is 16.1 Å². The summed E-state index contributed by atoms with van der Waals surface area (Å²) in [5, 5.41) is 5.18. The zero-order chi connectivity index (χ0) is 14.1. The maximum atomic E-state index is 6.26. The van der Waals surface area contributed by atoms with Gasteiger partial charge in [0.2, 0.25) is 0 Å². The summed E-state index contributed by atoms with van der Waals surface area (Å²) in [4.78, 5) is 0. The van der Waals surface area contributed by atoms with E-state index in [0.717, 1.165) is 35.0 Å². The first kappa shape index (κ1) is 16.8. The van der Waals surface area contributed by atoms with Crippen LogP contribution >= 0.6 is 23.2 Å². The van der Waals surface area contributed by atoms with Crippen molar-refractivity contribution in [3.63, 3.8) is 0 Å². The van der Waals surface area contributed by atoms with Gasteiger partial charge in [-0.1, -0.05) is 62.4 Å². The summed E-state index contributed by atoms with van der Waals surface area (Å²) >= 11 is 12.5. The number of hydrogen-bond donors (Lipinski definition) is 1. The van der Waals surface area contributed by atoms with Gasteiger partial charge in [-0.2, -0.15) is 0 Å². The SMILES string of the molecule is CCCCCC(Cc1c(Cl)cccc1Cl)NCCC. The van der Waals surface area contributed by atoms with Gasteiger partial charge in [-0.25, -0.2) is 0 Å². The number of halogens is 2. The van der Waals surface area contributed by atoms with Crippen LogP contribution in [0.4, 0.5) is 0 Å². The van der Waals surface area contributed by atoms with E-state index < -0.39 is 0 Å². The van der Waals surface area contributed by atoms with Crippen LogP contribution in [0.2, 0.25) is 10.0 Å². The van der Waals surface area contributed by atoms with E-state index in [9.17, 15) is 0 Å². The van der Waals surface area contributed by atoms with Crippen LogP contribution < -0.4 is 5.32 Å². The summed E-state index contributed by atoms with van der Waals surface area (Å²) in [5.74, 6) is 0. The molecule has 0 aliphatic heterocycles. The Labute approximate surface area is 127 Å². The molecule has 0 saturated heterocycles. The van der Waals surface area contributed by atoms with Crippen molar-refractivity contribution in [3.05, 3.63) is 33.8 Å². The highest BCUT2D eigenvalue weighted by molar-refractivity contribution is 6.35. The summed E-state index contributed by atoms with van der Waals surface area (Å²) < 4.78 is 0. The summed E-state index contributed by atoms with van der Waals surface area (Å²) in [5.41, 5.74) is 1.08. The zero-order valence-corrected chi connectivity index (χ0v) is 13.5. The van der Waals surface area contributed by atoms with E-state index >= 15 is 0 Å². The van der Waals surface area contributed by atoms with Gasteiger partial charge in [-0.15, -0.1) is 0 Å². The van der Waals surface area contributed by atoms with E-state index in [-0.39, 0.29) is 0 Å². The number of nitrogens with one attached hydrogen (secondary N) is 1. The van der Waals surface area contributed by atoms with Crippen molar-refractivity contribution in [2.24, 2.45) is 0 Å². The van der Waals surface area contributed by atoms with Crippen molar-refractivity contribution in [1.82, 2.24) is 5.32 Å². The molecule has 0 aliphatic rings. The number of unbranched alkanes of at least 4 members (excludes halogenated alkanes) is 2. The van der Waals surface area contributed by atoms with E-state index in [1.165, 1.54) is 25.7 Å². The lowest BCUT2D eigenvalue weighted by molar-refractivity contribution is 0.456. The Hall–Kier alpha value is -0.240. The molecule has 0 spiro atoms. The summed E-state index contributed by atoms with van der Waals surface area (Å²) in [6.45, 7) is 5.48. The third kappa shape index (κ3) is 6.16. The Morgan fingerprint density at radius 3 is 2.32 bits per heavy atom. The van der Waals surface area contributed by atoms with Crippen LogP contribution in [0, 0.1) is 0 Å². The first-order valence-corrected chi connectivity index (χ1v) is 8.10. The molecule has 0 heterocycles. The van der Waals surface area contributed by atoms with Crippen LogP contribution in [0.5, 0.6) is 0 Å². The minimum atomic E-state index is 0.476. The molecule has 0 radical (unpaired) electrons. The van der Waals surface area contributed by atoms with E-state index in [0.29, 0.717) is 6.04 Å². The van der Waals surface area contributed by atoms with Gasteiger partial charge >= 0.3 is 0 Å². The van der Waals surface area contributed by atoms with Crippen molar-refractivity contribution in [3.8, 4) is 0 Å². The van der Waals surface area contributed by atoms with Crippen LogP contribution in [0.15, 0.2) is 18.2 Å². The molecule has 0 amide bonds. The van der Waals surface area contributed by atoms with Gasteiger partial charge < -0.3 is 5.32 Å². The van der Waals surface area contributed by atoms with E-state index in [4.69, 9.17) is 23.2 Å². The second-order valence-electron chi connectivity index (χ2n) is 5.05. The molecule has 0 aliphatic carbocycles. The molecular formula is C16H25Cl2N. The fraction of sp³-hybridized carbons (Fsp3) is 0.625. The third-order valence-corrected chi connectivity index (χ3v) is 4.06. The molecule has 19 heavy (non-hydrogen) atoms. The molecule has 0 aromatic heterocycles. The maximum absolute atomic E-state index is 6.26. The monoisotopic (exact) mass is 301 g/mol. The lowest BCUT2D eigenvalue weighted by Crippen LogP contribution is -2.32. The summed E-state index contributed by atoms with van der Waals surface area (Å²) in [7, 11) is 0. The Balaban J connectivity index is 2.64. The molecule has 108 valence electrons. The van der Waals surface area contributed by atoms with Crippen LogP contribution in [-0.2, 0) is 6.42 Å². The van der Waals surface area contributed by atoms with Gasteiger partial charge in [0.05, 0.1) is 0 Å². The largest absolute Gasteiger partial charge is 0.314 e. The van der Waals surface area contributed by atoms with Crippen molar-refractivity contribution in [2.75, 3.05) is 6.54 Å². The van der Waals surface area contributed by atoms with Gasteiger partial charge in [0.1, 0.15) is 0 Å². The third-order valence-electron chi connectivity index (χ3n) is 3.35. The molecule has 0 fully saturated rings. The molecule has 1 aromatic rings. The smallest absolute Gasteiger partial charge is 0.0453 e. The minimum Gasteiger partial charge on any atom is -0.314 e. The molecule has 3 heteroatoms. The van der Waals surface area contributed by atoms with E-state index in [1.807, 2.05) is 18.2 Å². The van der Waals surface area contributed by atoms with Crippen molar-refractivity contribution in [1.29, 1.82) is 0 Å². The lowest BCUT2D eigenvalue weighted by Gasteiger charge is -2.20. The average molecular weight is 302 g/mol. The molecule has 0 saturated carbocycles. The minimum absolute atomic E-state index is 0.476. The van der Waals surface area contributed by atoms with Crippen LogP contribution in [0.25, 0.3) is 0 Å². The van der Waals surface area contributed by atoms with Gasteiger partial charge in [0.25, 0.3) is 0 Å². The van der Waals surface area contributed by atoms with E-state index in [1.54, 1.807) is 0 Å². The van der Waals surface area contributed by atoms with Crippen LogP contribution in [0.3, 0.4) is 0 Å². The number of hydrogen-bond acceptors (Lipinski definition) is 1. The fourth-order valence-corrected chi connectivity index (χ4v) is 2.79. The second kappa shape index (κ2) is 9.63. The van der Waals surface area contributed by atoms with Crippen molar-refractivity contribution in [2.45, 2.75) is 58.4 Å². The summed E-state index contributed by atoms with van der Waals surface area (Å²) in [6.07, 6.45) is 7.08. The highest BCUT2D eigenvalue weighted by Crippen LogP contribution is 2.26. The quantitative estimate of drug-likeness (QED) is 0.595. The highest BCUT2D eigenvalue weighted by atomic mass is 35.5. The Morgan fingerprint density at radius 2 is 1.74 bits per heavy atom. The highest BCUT2D eigenvalue weighted by Gasteiger charge is 2.13. The number of rotatable bonds is 9. The lowest BCUT2D eigenvalue weighted by atomic mass is 10.00. The predicted molar refractivity (Wildman–Crippen MR) is 86.4 cm³/mol. The topological polar surface area (TPSA) is 12.0 Å². The predicted octanol–water partition coefficient (Wildman–Crippen LogP) is 5.48. The molecule has 1 atom stereocenters. The molecule has 1 N–H and O–H groups in total.